The van der Waals surface area contributed by atoms with E-state index in [9.17, 15) is 13.5 Å². The minimum Gasteiger partial charge on any atom is -0.508 e. The molecule has 106 valence electrons. The summed E-state index contributed by atoms with van der Waals surface area (Å²) in [5.41, 5.74) is 0.862. The van der Waals surface area contributed by atoms with Gasteiger partial charge in [0.1, 0.15) is 5.75 Å². The number of piperidine rings is 1. The van der Waals surface area contributed by atoms with E-state index in [4.69, 9.17) is 0 Å². The summed E-state index contributed by atoms with van der Waals surface area (Å²) in [6.07, 6.45) is 2.98. The van der Waals surface area contributed by atoms with Crippen LogP contribution in [-0.4, -0.2) is 42.3 Å². The van der Waals surface area contributed by atoms with E-state index < -0.39 is 10.2 Å². The molecule has 0 radical (unpaired) electrons. The molecule has 0 atom stereocenters. The predicted octanol–water partition coefficient (Wildman–Crippen LogP) is 1.55. The van der Waals surface area contributed by atoms with Gasteiger partial charge in [-0.2, -0.15) is 17.0 Å². The van der Waals surface area contributed by atoms with Crippen LogP contribution in [-0.2, 0) is 16.8 Å². The van der Waals surface area contributed by atoms with Crippen LogP contribution in [0.5, 0.6) is 5.75 Å². The molecule has 6 heteroatoms. The van der Waals surface area contributed by atoms with E-state index in [1.165, 1.54) is 4.31 Å². The van der Waals surface area contributed by atoms with Gasteiger partial charge < -0.3 is 5.11 Å². The molecule has 1 aliphatic rings. The minimum atomic E-state index is -3.37. The molecular formula is C13H20N2O3S. The molecule has 1 N–H and O–H groups in total. The Morgan fingerprint density at radius 1 is 1.16 bits per heavy atom. The van der Waals surface area contributed by atoms with Gasteiger partial charge in [0.2, 0.25) is 0 Å². The molecular weight excluding hydrogens is 264 g/mol. The van der Waals surface area contributed by atoms with E-state index in [0.29, 0.717) is 19.6 Å². The Hall–Kier alpha value is -1.11. The SMILES string of the molecule is CN(Cc1ccc(O)cc1)S(=O)(=O)N1CCCCC1. The number of nitrogens with zero attached hydrogens (tertiary/aromatic N) is 2. The van der Waals surface area contributed by atoms with Crippen molar-refractivity contribution in [3.05, 3.63) is 29.8 Å². The zero-order valence-electron chi connectivity index (χ0n) is 11.1. The van der Waals surface area contributed by atoms with Crippen molar-refractivity contribution >= 4 is 10.2 Å². The average molecular weight is 284 g/mol. The number of hydrogen-bond acceptors (Lipinski definition) is 3. The van der Waals surface area contributed by atoms with Crippen molar-refractivity contribution in [3.63, 3.8) is 0 Å². The smallest absolute Gasteiger partial charge is 0.282 e. The quantitative estimate of drug-likeness (QED) is 0.912. The first-order valence-corrected chi connectivity index (χ1v) is 7.89. The first kappa shape index (κ1) is 14.3. The van der Waals surface area contributed by atoms with Gasteiger partial charge in [0.05, 0.1) is 0 Å². The van der Waals surface area contributed by atoms with E-state index in [-0.39, 0.29) is 5.75 Å². The van der Waals surface area contributed by atoms with Gasteiger partial charge in [-0.1, -0.05) is 18.6 Å². The molecule has 0 saturated carbocycles. The van der Waals surface area contributed by atoms with Crippen LogP contribution in [0.1, 0.15) is 24.8 Å². The summed E-state index contributed by atoms with van der Waals surface area (Å²) in [7, 11) is -1.77. The van der Waals surface area contributed by atoms with E-state index >= 15 is 0 Å². The number of phenols is 1. The van der Waals surface area contributed by atoms with Gasteiger partial charge >= 0.3 is 0 Å². The summed E-state index contributed by atoms with van der Waals surface area (Å²) in [5.74, 6) is 0.185. The molecule has 0 unspecified atom stereocenters. The number of rotatable bonds is 4. The second kappa shape index (κ2) is 5.90. The second-order valence-corrected chi connectivity index (χ2v) is 6.93. The van der Waals surface area contributed by atoms with Crippen LogP contribution in [0.25, 0.3) is 0 Å². The highest BCUT2D eigenvalue weighted by atomic mass is 32.2. The third-order valence-corrected chi connectivity index (χ3v) is 5.31. The number of hydrogen-bond donors (Lipinski definition) is 1. The molecule has 0 bridgehead atoms. The van der Waals surface area contributed by atoms with Gasteiger partial charge in [-0.3, -0.25) is 0 Å². The van der Waals surface area contributed by atoms with Gasteiger partial charge in [0.15, 0.2) is 0 Å². The first-order valence-electron chi connectivity index (χ1n) is 6.49. The number of phenolic OH excluding ortho intramolecular Hbond substituents is 1. The molecule has 2 rings (SSSR count). The molecule has 1 fully saturated rings. The summed E-state index contributed by atoms with van der Waals surface area (Å²) in [5, 5.41) is 9.21. The van der Waals surface area contributed by atoms with E-state index in [1.54, 1.807) is 35.6 Å². The highest BCUT2D eigenvalue weighted by Gasteiger charge is 2.27. The van der Waals surface area contributed by atoms with E-state index in [0.717, 1.165) is 24.8 Å². The van der Waals surface area contributed by atoms with Crippen molar-refractivity contribution in [2.24, 2.45) is 0 Å². The number of aromatic hydroxyl groups is 1. The summed E-state index contributed by atoms with van der Waals surface area (Å²) in [6, 6.07) is 6.60. The molecule has 0 aromatic heterocycles. The molecule has 5 nitrogen and oxygen atoms in total. The summed E-state index contributed by atoms with van der Waals surface area (Å²) in [6.45, 7) is 1.55. The van der Waals surface area contributed by atoms with Crippen molar-refractivity contribution in [1.82, 2.24) is 8.61 Å². The van der Waals surface area contributed by atoms with Crippen molar-refractivity contribution in [2.75, 3.05) is 20.1 Å². The lowest BCUT2D eigenvalue weighted by atomic mass is 10.2. The Balaban J connectivity index is 2.05. The Morgan fingerprint density at radius 2 is 1.74 bits per heavy atom. The molecule has 1 saturated heterocycles. The predicted molar refractivity (Wildman–Crippen MR) is 73.9 cm³/mol. The maximum atomic E-state index is 12.4. The van der Waals surface area contributed by atoms with Crippen LogP contribution in [0.2, 0.25) is 0 Å². The van der Waals surface area contributed by atoms with Crippen LogP contribution in [0.15, 0.2) is 24.3 Å². The van der Waals surface area contributed by atoms with Crippen molar-refractivity contribution in [3.8, 4) is 5.75 Å². The molecule has 0 spiro atoms. The summed E-state index contributed by atoms with van der Waals surface area (Å²) in [4.78, 5) is 0. The van der Waals surface area contributed by atoms with Gasteiger partial charge in [0.25, 0.3) is 10.2 Å². The molecule has 1 aromatic carbocycles. The van der Waals surface area contributed by atoms with Crippen LogP contribution in [0, 0.1) is 0 Å². The fourth-order valence-corrected chi connectivity index (χ4v) is 3.66. The lowest BCUT2D eigenvalue weighted by Gasteiger charge is -2.30. The Bertz CT molecular complexity index is 507. The fourth-order valence-electron chi connectivity index (χ4n) is 2.23. The second-order valence-electron chi connectivity index (χ2n) is 4.89. The molecule has 1 heterocycles. The molecule has 1 aliphatic heterocycles. The average Bonchev–Trinajstić information content (AvgIpc) is 2.42. The lowest BCUT2D eigenvalue weighted by molar-refractivity contribution is 0.314. The zero-order chi connectivity index (χ0) is 13.9. The molecule has 19 heavy (non-hydrogen) atoms. The van der Waals surface area contributed by atoms with Gasteiger partial charge in [-0.25, -0.2) is 0 Å². The fraction of sp³-hybridized carbons (Fsp3) is 0.538. The summed E-state index contributed by atoms with van der Waals surface area (Å²) < 4.78 is 27.6. The lowest BCUT2D eigenvalue weighted by Crippen LogP contribution is -2.43. The van der Waals surface area contributed by atoms with Gasteiger partial charge in [-0.05, 0) is 30.5 Å². The third kappa shape index (κ3) is 3.46. The Morgan fingerprint density at radius 3 is 2.32 bits per heavy atom. The normalized spacial score (nSPS) is 17.8. The Kier molecular flexibility index (Phi) is 4.44. The highest BCUT2D eigenvalue weighted by molar-refractivity contribution is 7.86. The van der Waals surface area contributed by atoms with Gasteiger partial charge in [-0.15, -0.1) is 0 Å². The monoisotopic (exact) mass is 284 g/mol. The summed E-state index contributed by atoms with van der Waals surface area (Å²) >= 11 is 0. The van der Waals surface area contributed by atoms with Gasteiger partial charge in [0, 0.05) is 26.7 Å². The van der Waals surface area contributed by atoms with Crippen LogP contribution >= 0.6 is 0 Å². The van der Waals surface area contributed by atoms with E-state index in [1.807, 2.05) is 0 Å². The molecule has 0 aliphatic carbocycles. The van der Waals surface area contributed by atoms with Crippen LogP contribution in [0.4, 0.5) is 0 Å². The van der Waals surface area contributed by atoms with E-state index in [2.05, 4.69) is 0 Å². The Labute approximate surface area is 114 Å². The zero-order valence-corrected chi connectivity index (χ0v) is 11.9. The van der Waals surface area contributed by atoms with Crippen molar-refractivity contribution in [2.45, 2.75) is 25.8 Å². The van der Waals surface area contributed by atoms with Crippen molar-refractivity contribution < 1.29 is 13.5 Å². The van der Waals surface area contributed by atoms with Crippen LogP contribution in [0.3, 0.4) is 0 Å². The largest absolute Gasteiger partial charge is 0.508 e. The van der Waals surface area contributed by atoms with Crippen LogP contribution < -0.4 is 0 Å². The third-order valence-electron chi connectivity index (χ3n) is 3.38. The molecule has 1 aromatic rings. The number of benzene rings is 1. The topological polar surface area (TPSA) is 60.9 Å². The minimum absolute atomic E-state index is 0.185. The van der Waals surface area contributed by atoms with Crippen molar-refractivity contribution in [1.29, 1.82) is 0 Å². The maximum Gasteiger partial charge on any atom is 0.282 e. The first-order chi connectivity index (χ1) is 9.00. The maximum absolute atomic E-state index is 12.4. The highest BCUT2D eigenvalue weighted by Crippen LogP contribution is 2.18. The molecule has 0 amide bonds. The standard InChI is InChI=1S/C13H20N2O3S/c1-14(11-12-5-7-13(16)8-6-12)19(17,18)15-9-3-2-4-10-15/h5-8,16H,2-4,9-11H2,1H3.